The summed E-state index contributed by atoms with van der Waals surface area (Å²) in [5.41, 5.74) is 0. The Morgan fingerprint density at radius 2 is 1.42 bits per heavy atom. The largest absolute Gasteiger partial charge is 0.481 e. The van der Waals surface area contributed by atoms with Crippen LogP contribution in [0.1, 0.15) is 84.0 Å². The molecule has 19 heavy (non-hydrogen) atoms. The molecule has 0 aliphatic carbocycles. The zero-order chi connectivity index (χ0) is 14.3. The molecule has 1 unspecified atom stereocenters. The molecular formula is C16H32O3. The lowest BCUT2D eigenvalue weighted by Gasteiger charge is -2.12. The molecular weight excluding hydrogens is 240 g/mol. The zero-order valence-electron chi connectivity index (χ0n) is 12.6. The summed E-state index contributed by atoms with van der Waals surface area (Å²) >= 11 is 0. The van der Waals surface area contributed by atoms with Gasteiger partial charge in [-0.05, 0) is 18.8 Å². The number of hydrogen-bond acceptors (Lipinski definition) is 2. The van der Waals surface area contributed by atoms with Crippen molar-refractivity contribution in [3.63, 3.8) is 0 Å². The number of aliphatic hydroxyl groups excluding tert-OH is 1. The first-order valence-electron chi connectivity index (χ1n) is 8.03. The van der Waals surface area contributed by atoms with Crippen molar-refractivity contribution >= 4 is 5.97 Å². The molecule has 0 aliphatic rings. The molecule has 0 heterocycles. The lowest BCUT2D eigenvalue weighted by molar-refractivity contribution is -0.138. The molecule has 0 fully saturated rings. The van der Waals surface area contributed by atoms with Gasteiger partial charge in [0.25, 0.3) is 0 Å². The molecule has 0 amide bonds. The van der Waals surface area contributed by atoms with Crippen LogP contribution in [0.25, 0.3) is 0 Å². The summed E-state index contributed by atoms with van der Waals surface area (Å²) in [7, 11) is 0. The maximum absolute atomic E-state index is 10.7. The molecule has 0 aromatic rings. The van der Waals surface area contributed by atoms with Crippen molar-refractivity contribution in [2.45, 2.75) is 84.0 Å². The van der Waals surface area contributed by atoms with Crippen LogP contribution in [0.4, 0.5) is 0 Å². The molecule has 0 radical (unpaired) electrons. The minimum Gasteiger partial charge on any atom is -0.481 e. The van der Waals surface area contributed by atoms with Gasteiger partial charge in [0.15, 0.2) is 0 Å². The minimum atomic E-state index is -0.741. The maximum Gasteiger partial charge on any atom is 0.303 e. The highest BCUT2D eigenvalue weighted by Gasteiger charge is 2.12. The van der Waals surface area contributed by atoms with Gasteiger partial charge in [0.2, 0.25) is 0 Å². The van der Waals surface area contributed by atoms with Gasteiger partial charge in [-0.3, -0.25) is 4.79 Å². The highest BCUT2D eigenvalue weighted by molar-refractivity contribution is 5.66. The Hall–Kier alpha value is -0.570. The number of rotatable bonds is 14. The van der Waals surface area contributed by atoms with Crippen molar-refractivity contribution in [1.82, 2.24) is 0 Å². The number of hydrogen-bond donors (Lipinski definition) is 2. The summed E-state index contributed by atoms with van der Waals surface area (Å²) in [5, 5.41) is 17.7. The zero-order valence-corrected chi connectivity index (χ0v) is 12.6. The van der Waals surface area contributed by atoms with E-state index in [0.29, 0.717) is 6.42 Å². The second-order valence-electron chi connectivity index (χ2n) is 5.59. The summed E-state index contributed by atoms with van der Waals surface area (Å²) in [6, 6.07) is 0. The van der Waals surface area contributed by atoms with Gasteiger partial charge in [-0.2, -0.15) is 0 Å². The Labute approximate surface area is 118 Å². The van der Waals surface area contributed by atoms with Crippen LogP contribution in [0.15, 0.2) is 0 Å². The first-order valence-corrected chi connectivity index (χ1v) is 8.03. The third-order valence-corrected chi connectivity index (χ3v) is 3.72. The molecule has 0 saturated carbocycles. The molecule has 0 aliphatic heterocycles. The predicted molar refractivity (Wildman–Crippen MR) is 79.3 cm³/mol. The fraction of sp³-hybridized carbons (Fsp3) is 0.938. The number of carbonyl (C=O) groups is 1. The second-order valence-corrected chi connectivity index (χ2v) is 5.59. The van der Waals surface area contributed by atoms with Crippen molar-refractivity contribution < 1.29 is 15.0 Å². The molecule has 0 aromatic carbocycles. The predicted octanol–water partition coefficient (Wildman–Crippen LogP) is 4.38. The fourth-order valence-electron chi connectivity index (χ4n) is 2.52. The number of carboxylic acid groups (broad SMARTS) is 1. The molecule has 0 bridgehead atoms. The average molecular weight is 272 g/mol. The second kappa shape index (κ2) is 13.9. The molecule has 0 rings (SSSR count). The van der Waals surface area contributed by atoms with Crippen LogP contribution in [0.5, 0.6) is 0 Å². The van der Waals surface area contributed by atoms with Gasteiger partial charge < -0.3 is 10.2 Å². The van der Waals surface area contributed by atoms with Crippen LogP contribution < -0.4 is 0 Å². The van der Waals surface area contributed by atoms with Gasteiger partial charge in [0.05, 0.1) is 0 Å². The Morgan fingerprint density at radius 3 is 1.89 bits per heavy atom. The molecule has 114 valence electrons. The van der Waals surface area contributed by atoms with Gasteiger partial charge in [-0.25, -0.2) is 0 Å². The van der Waals surface area contributed by atoms with Gasteiger partial charge >= 0.3 is 5.97 Å². The van der Waals surface area contributed by atoms with Crippen LogP contribution in [0, 0.1) is 5.92 Å². The first kappa shape index (κ1) is 18.4. The van der Waals surface area contributed by atoms with Crippen LogP contribution in [0.2, 0.25) is 0 Å². The SMILES string of the molecule is CCCCCCCCCCCC(CCO)CC(=O)O. The van der Waals surface area contributed by atoms with E-state index in [0.717, 1.165) is 12.8 Å². The van der Waals surface area contributed by atoms with Gasteiger partial charge in [0.1, 0.15) is 0 Å². The average Bonchev–Trinajstić information content (AvgIpc) is 2.36. The standard InChI is InChI=1S/C16H32O3/c1-2-3-4-5-6-7-8-9-10-11-15(12-13-17)14-16(18)19/h15,17H,2-14H2,1H3,(H,18,19). The summed E-state index contributed by atoms with van der Waals surface area (Å²) in [5.74, 6) is -0.582. The fourth-order valence-corrected chi connectivity index (χ4v) is 2.52. The smallest absolute Gasteiger partial charge is 0.303 e. The van der Waals surface area contributed by atoms with E-state index >= 15 is 0 Å². The van der Waals surface area contributed by atoms with E-state index in [1.165, 1.54) is 51.4 Å². The number of unbranched alkanes of at least 4 members (excludes halogenated alkanes) is 8. The topological polar surface area (TPSA) is 57.5 Å². The normalized spacial score (nSPS) is 12.5. The molecule has 3 nitrogen and oxygen atoms in total. The summed E-state index contributed by atoms with van der Waals surface area (Å²) in [6.45, 7) is 2.34. The Kier molecular flexibility index (Phi) is 13.4. The quantitative estimate of drug-likeness (QED) is 0.461. The number of aliphatic carboxylic acids is 1. The van der Waals surface area contributed by atoms with E-state index in [2.05, 4.69) is 6.92 Å². The molecule has 2 N–H and O–H groups in total. The van der Waals surface area contributed by atoms with E-state index in [4.69, 9.17) is 10.2 Å². The summed E-state index contributed by atoms with van der Waals surface area (Å²) in [6.07, 6.45) is 13.4. The third kappa shape index (κ3) is 13.7. The van der Waals surface area contributed by atoms with Crippen molar-refractivity contribution in [2.75, 3.05) is 6.61 Å². The van der Waals surface area contributed by atoms with Crippen molar-refractivity contribution in [2.24, 2.45) is 5.92 Å². The van der Waals surface area contributed by atoms with E-state index < -0.39 is 5.97 Å². The van der Waals surface area contributed by atoms with Gasteiger partial charge in [0, 0.05) is 13.0 Å². The minimum absolute atomic E-state index is 0.107. The van der Waals surface area contributed by atoms with Crippen molar-refractivity contribution in [1.29, 1.82) is 0 Å². The Bertz CT molecular complexity index is 204. The summed E-state index contributed by atoms with van der Waals surface area (Å²) < 4.78 is 0. The number of carboxylic acids is 1. The van der Waals surface area contributed by atoms with Crippen LogP contribution in [-0.2, 0) is 4.79 Å². The monoisotopic (exact) mass is 272 g/mol. The Balaban J connectivity index is 3.36. The van der Waals surface area contributed by atoms with Gasteiger partial charge in [-0.1, -0.05) is 64.7 Å². The van der Waals surface area contributed by atoms with E-state index in [-0.39, 0.29) is 18.9 Å². The molecule has 0 saturated heterocycles. The molecule has 3 heteroatoms. The number of aliphatic hydroxyl groups is 1. The van der Waals surface area contributed by atoms with E-state index in [9.17, 15) is 4.79 Å². The van der Waals surface area contributed by atoms with E-state index in [1.54, 1.807) is 0 Å². The van der Waals surface area contributed by atoms with Gasteiger partial charge in [-0.15, -0.1) is 0 Å². The highest BCUT2D eigenvalue weighted by Crippen LogP contribution is 2.18. The Morgan fingerprint density at radius 1 is 0.895 bits per heavy atom. The van der Waals surface area contributed by atoms with Crippen LogP contribution >= 0.6 is 0 Å². The lowest BCUT2D eigenvalue weighted by atomic mass is 9.94. The molecule has 1 atom stereocenters. The third-order valence-electron chi connectivity index (χ3n) is 3.72. The molecule has 0 aromatic heterocycles. The first-order chi connectivity index (χ1) is 9.20. The molecule has 0 spiro atoms. The van der Waals surface area contributed by atoms with Crippen molar-refractivity contribution in [3.8, 4) is 0 Å². The summed E-state index contributed by atoms with van der Waals surface area (Å²) in [4.78, 5) is 10.7. The lowest BCUT2D eigenvalue weighted by Crippen LogP contribution is -2.09. The van der Waals surface area contributed by atoms with Crippen molar-refractivity contribution in [3.05, 3.63) is 0 Å². The highest BCUT2D eigenvalue weighted by atomic mass is 16.4. The van der Waals surface area contributed by atoms with Crippen LogP contribution in [-0.4, -0.2) is 22.8 Å². The van der Waals surface area contributed by atoms with Crippen LogP contribution in [0.3, 0.4) is 0 Å². The maximum atomic E-state index is 10.7. The van der Waals surface area contributed by atoms with E-state index in [1.807, 2.05) is 0 Å².